The summed E-state index contributed by atoms with van der Waals surface area (Å²) in [7, 11) is 1.66. The van der Waals surface area contributed by atoms with E-state index in [1.807, 2.05) is 0 Å². The standard InChI is InChI=1S/C41H42O11/c1-3-38(42)49-28-7-6-27-48-35-20-10-32(11-21-35)40(44)51-36-16-8-30(9-17-36)24-29-50-39(43)31-14-22-37(23-15-31)52-41(45)33-12-18-34(19-13-33)47-26-5-4-25-46-2/h3,8-23H,1,4-7,24-29H2,2H3. The van der Waals surface area contributed by atoms with Gasteiger partial charge in [-0.05, 0) is 116 Å². The highest BCUT2D eigenvalue weighted by Gasteiger charge is 2.13. The number of unbranched alkanes of at least 4 members (excludes halogenated alkanes) is 2. The molecule has 0 aliphatic heterocycles. The molecule has 0 atom stereocenters. The lowest BCUT2D eigenvalue weighted by Gasteiger charge is -2.09. The highest BCUT2D eigenvalue weighted by molar-refractivity contribution is 5.92. The quantitative estimate of drug-likeness (QED) is 0.0376. The number of methoxy groups -OCH3 is 1. The van der Waals surface area contributed by atoms with Crippen molar-refractivity contribution >= 4 is 23.9 Å². The predicted octanol–water partition coefficient (Wildman–Crippen LogP) is 7.22. The van der Waals surface area contributed by atoms with Crippen LogP contribution in [-0.2, 0) is 25.4 Å². The van der Waals surface area contributed by atoms with E-state index in [1.165, 1.54) is 24.3 Å². The van der Waals surface area contributed by atoms with Gasteiger partial charge in [0.2, 0.25) is 0 Å². The topological polar surface area (TPSA) is 133 Å². The zero-order valence-corrected chi connectivity index (χ0v) is 29.1. The molecule has 272 valence electrons. The minimum Gasteiger partial charge on any atom is -0.494 e. The van der Waals surface area contributed by atoms with E-state index in [0.717, 1.165) is 24.5 Å². The van der Waals surface area contributed by atoms with E-state index in [9.17, 15) is 19.2 Å². The van der Waals surface area contributed by atoms with Crippen LogP contribution >= 0.6 is 0 Å². The Morgan fingerprint density at radius 2 is 0.923 bits per heavy atom. The van der Waals surface area contributed by atoms with Gasteiger partial charge in [0.15, 0.2) is 0 Å². The summed E-state index contributed by atoms with van der Waals surface area (Å²) < 4.78 is 37.6. The number of carbonyl (C=O) groups is 4. The molecule has 4 aromatic carbocycles. The molecule has 0 N–H and O–H groups in total. The van der Waals surface area contributed by atoms with Crippen LogP contribution in [-0.4, -0.2) is 64.0 Å². The monoisotopic (exact) mass is 710 g/mol. The zero-order valence-electron chi connectivity index (χ0n) is 29.1. The normalized spacial score (nSPS) is 10.5. The maximum atomic E-state index is 12.6. The lowest BCUT2D eigenvalue weighted by Crippen LogP contribution is -2.10. The van der Waals surface area contributed by atoms with Crippen molar-refractivity contribution in [3.8, 4) is 23.0 Å². The third kappa shape index (κ3) is 13.4. The number of hydrogen-bond acceptors (Lipinski definition) is 11. The molecule has 0 aliphatic carbocycles. The molecule has 4 aromatic rings. The Balaban J connectivity index is 1.13. The van der Waals surface area contributed by atoms with Crippen LogP contribution in [0.1, 0.15) is 62.3 Å². The van der Waals surface area contributed by atoms with Crippen molar-refractivity contribution < 1.29 is 52.3 Å². The van der Waals surface area contributed by atoms with Crippen molar-refractivity contribution in [2.75, 3.05) is 40.1 Å². The van der Waals surface area contributed by atoms with Crippen molar-refractivity contribution in [2.45, 2.75) is 32.1 Å². The maximum Gasteiger partial charge on any atom is 0.343 e. The van der Waals surface area contributed by atoms with Crippen LogP contribution in [0.25, 0.3) is 0 Å². The van der Waals surface area contributed by atoms with Gasteiger partial charge in [0.05, 0.1) is 43.1 Å². The number of ether oxygens (including phenoxy) is 7. The molecular weight excluding hydrogens is 668 g/mol. The van der Waals surface area contributed by atoms with Crippen molar-refractivity contribution in [1.82, 2.24) is 0 Å². The molecule has 0 aliphatic rings. The molecule has 4 rings (SSSR count). The third-order valence-corrected chi connectivity index (χ3v) is 7.47. The molecule has 0 spiro atoms. The number of hydrogen-bond donors (Lipinski definition) is 0. The van der Waals surface area contributed by atoms with Gasteiger partial charge in [0, 0.05) is 26.2 Å². The summed E-state index contributed by atoms with van der Waals surface area (Å²) in [6, 6.07) is 26.4. The smallest absolute Gasteiger partial charge is 0.343 e. The minimum atomic E-state index is -0.530. The maximum absolute atomic E-state index is 12.6. The first kappa shape index (κ1) is 38.9. The van der Waals surface area contributed by atoms with Gasteiger partial charge >= 0.3 is 23.9 Å². The Hall–Kier alpha value is -5.94. The van der Waals surface area contributed by atoms with Crippen molar-refractivity contribution in [3.05, 3.63) is 132 Å². The lowest BCUT2D eigenvalue weighted by atomic mass is 10.1. The summed E-state index contributed by atoms with van der Waals surface area (Å²) in [5.74, 6) is -0.0595. The van der Waals surface area contributed by atoms with Gasteiger partial charge in [-0.25, -0.2) is 19.2 Å². The van der Waals surface area contributed by atoms with Gasteiger partial charge in [-0.15, -0.1) is 0 Å². The highest BCUT2D eigenvalue weighted by atomic mass is 16.5. The van der Waals surface area contributed by atoms with Crippen LogP contribution in [0.4, 0.5) is 0 Å². The fourth-order valence-corrected chi connectivity index (χ4v) is 4.60. The van der Waals surface area contributed by atoms with Crippen molar-refractivity contribution in [3.63, 3.8) is 0 Å². The van der Waals surface area contributed by atoms with Gasteiger partial charge in [-0.1, -0.05) is 18.7 Å². The van der Waals surface area contributed by atoms with Crippen LogP contribution in [0.5, 0.6) is 23.0 Å². The molecule has 11 nitrogen and oxygen atoms in total. The van der Waals surface area contributed by atoms with Crippen LogP contribution in [0.2, 0.25) is 0 Å². The average molecular weight is 711 g/mol. The number of esters is 4. The SMILES string of the molecule is C=CC(=O)OCCCCOc1ccc(C(=O)Oc2ccc(CCOC(=O)c3ccc(OC(=O)c4ccc(OCCCCOC)cc4)cc3)cc2)cc1. The van der Waals surface area contributed by atoms with Crippen LogP contribution in [0, 0.1) is 0 Å². The molecule has 0 radical (unpaired) electrons. The second-order valence-corrected chi connectivity index (χ2v) is 11.4. The fraction of sp³-hybridized carbons (Fsp3) is 0.268. The van der Waals surface area contributed by atoms with Gasteiger partial charge in [-0.3, -0.25) is 0 Å². The van der Waals surface area contributed by atoms with E-state index < -0.39 is 23.9 Å². The van der Waals surface area contributed by atoms with E-state index >= 15 is 0 Å². The molecule has 0 fully saturated rings. The van der Waals surface area contributed by atoms with E-state index in [0.29, 0.717) is 85.4 Å². The Morgan fingerprint density at radius 1 is 0.500 bits per heavy atom. The first-order valence-electron chi connectivity index (χ1n) is 16.9. The molecule has 0 bridgehead atoms. The molecular formula is C41H42O11. The number of rotatable bonds is 21. The largest absolute Gasteiger partial charge is 0.494 e. The summed E-state index contributed by atoms with van der Waals surface area (Å²) >= 11 is 0. The molecule has 0 saturated heterocycles. The Bertz CT molecular complexity index is 1730. The minimum absolute atomic E-state index is 0.138. The predicted molar refractivity (Wildman–Crippen MR) is 192 cm³/mol. The first-order valence-corrected chi connectivity index (χ1v) is 16.9. The zero-order chi connectivity index (χ0) is 37.0. The third-order valence-electron chi connectivity index (χ3n) is 7.47. The van der Waals surface area contributed by atoms with Crippen LogP contribution in [0.15, 0.2) is 110 Å². The van der Waals surface area contributed by atoms with Gasteiger partial charge in [0.1, 0.15) is 23.0 Å². The van der Waals surface area contributed by atoms with E-state index in [-0.39, 0.29) is 6.61 Å². The molecule has 0 aromatic heterocycles. The summed E-state index contributed by atoms with van der Waals surface area (Å²) in [5, 5.41) is 0. The first-order chi connectivity index (χ1) is 25.3. The second-order valence-electron chi connectivity index (χ2n) is 11.4. The van der Waals surface area contributed by atoms with Crippen molar-refractivity contribution in [1.29, 1.82) is 0 Å². The lowest BCUT2D eigenvalue weighted by molar-refractivity contribution is -0.137. The summed E-state index contributed by atoms with van der Waals surface area (Å²) in [5.41, 5.74) is 1.94. The Kier molecular flexibility index (Phi) is 15.9. The molecule has 0 heterocycles. The van der Waals surface area contributed by atoms with Gasteiger partial charge in [0.25, 0.3) is 0 Å². The van der Waals surface area contributed by atoms with E-state index in [2.05, 4.69) is 6.58 Å². The summed E-state index contributed by atoms with van der Waals surface area (Å²) in [4.78, 5) is 48.8. The number of carbonyl (C=O) groups excluding carboxylic acids is 4. The second kappa shape index (κ2) is 21.3. The van der Waals surface area contributed by atoms with E-state index in [4.69, 9.17) is 33.2 Å². The summed E-state index contributed by atoms with van der Waals surface area (Å²) in [6.07, 6.45) is 4.72. The fourth-order valence-electron chi connectivity index (χ4n) is 4.60. The highest BCUT2D eigenvalue weighted by Crippen LogP contribution is 2.19. The molecule has 0 unspecified atom stereocenters. The van der Waals surface area contributed by atoms with Crippen LogP contribution in [0.3, 0.4) is 0 Å². The Labute approximate surface area is 303 Å². The van der Waals surface area contributed by atoms with Gasteiger partial charge in [-0.2, -0.15) is 0 Å². The van der Waals surface area contributed by atoms with E-state index in [1.54, 1.807) is 79.9 Å². The summed E-state index contributed by atoms with van der Waals surface area (Å²) in [6.45, 7) is 5.48. The molecule has 52 heavy (non-hydrogen) atoms. The van der Waals surface area contributed by atoms with Crippen LogP contribution < -0.4 is 18.9 Å². The van der Waals surface area contributed by atoms with Crippen molar-refractivity contribution in [2.24, 2.45) is 0 Å². The molecule has 0 amide bonds. The number of benzene rings is 4. The average Bonchev–Trinajstić information content (AvgIpc) is 3.17. The molecule has 11 heteroatoms. The Morgan fingerprint density at radius 3 is 1.40 bits per heavy atom. The molecule has 0 saturated carbocycles. The van der Waals surface area contributed by atoms with Gasteiger partial charge < -0.3 is 33.2 Å².